The van der Waals surface area contributed by atoms with Crippen LogP contribution < -0.4 is 4.74 Å². The molecule has 0 aliphatic carbocycles. The molecule has 0 bridgehead atoms. The van der Waals surface area contributed by atoms with Gasteiger partial charge in [-0.1, -0.05) is 24.3 Å². The van der Waals surface area contributed by atoms with Gasteiger partial charge in [0.05, 0.1) is 12.5 Å². The lowest BCUT2D eigenvalue weighted by Gasteiger charge is -2.24. The number of fused-ring (bicyclic) bond motifs is 1. The summed E-state index contributed by atoms with van der Waals surface area (Å²) in [6.07, 6.45) is 0.714. The summed E-state index contributed by atoms with van der Waals surface area (Å²) in [6.45, 7) is 0.333. The maximum absolute atomic E-state index is 13.2. The molecule has 3 rings (SSSR count). The lowest BCUT2D eigenvalue weighted by Crippen LogP contribution is -2.29. The number of rotatable bonds is 3. The zero-order chi connectivity index (χ0) is 14.8. The van der Waals surface area contributed by atoms with E-state index >= 15 is 0 Å². The normalized spacial score (nSPS) is 17.0. The smallest absolute Gasteiger partial charge is 0.159 e. The van der Waals surface area contributed by atoms with Crippen LogP contribution >= 0.6 is 0 Å². The average molecular weight is 288 g/mol. The molecular formula is C17H14F2O2. The molecule has 1 aliphatic heterocycles. The number of para-hydroxylation sites is 1. The second-order valence-electron chi connectivity index (χ2n) is 5.21. The minimum Gasteiger partial charge on any atom is -0.493 e. The minimum atomic E-state index is -0.925. The van der Waals surface area contributed by atoms with Gasteiger partial charge in [0.1, 0.15) is 11.5 Å². The molecule has 0 N–H and O–H groups in total. The number of ketones is 1. The Morgan fingerprint density at radius 3 is 2.76 bits per heavy atom. The molecule has 21 heavy (non-hydrogen) atoms. The Morgan fingerprint density at radius 1 is 1.14 bits per heavy atom. The summed E-state index contributed by atoms with van der Waals surface area (Å²) in [6, 6.07) is 11.2. The highest BCUT2D eigenvalue weighted by Crippen LogP contribution is 2.27. The second-order valence-corrected chi connectivity index (χ2v) is 5.21. The summed E-state index contributed by atoms with van der Waals surface area (Å²) in [4.78, 5) is 12.3. The lowest BCUT2D eigenvalue weighted by atomic mass is 9.90. The molecular weight excluding hydrogens is 274 g/mol. The molecule has 2 nitrogen and oxygen atoms in total. The molecule has 0 fully saturated rings. The predicted molar refractivity (Wildman–Crippen MR) is 74.2 cm³/mol. The highest BCUT2D eigenvalue weighted by atomic mass is 19.2. The van der Waals surface area contributed by atoms with Crippen molar-refractivity contribution < 1.29 is 18.3 Å². The van der Waals surface area contributed by atoms with Crippen molar-refractivity contribution in [3.8, 4) is 5.75 Å². The summed E-state index contributed by atoms with van der Waals surface area (Å²) in [5.74, 6) is -1.27. The van der Waals surface area contributed by atoms with Gasteiger partial charge >= 0.3 is 0 Å². The number of halogens is 2. The van der Waals surface area contributed by atoms with Crippen LogP contribution in [0, 0.1) is 17.6 Å². The first-order valence-electron chi connectivity index (χ1n) is 6.81. The molecule has 1 aliphatic rings. The number of hydrogen-bond acceptors (Lipinski definition) is 2. The molecule has 1 unspecified atom stereocenters. The molecule has 0 saturated carbocycles. The standard InChI is InChI=1S/C17H14F2O2/c18-14-6-5-11(7-15(14)19)8-16(20)13-9-12-3-1-2-4-17(12)21-10-13/h1-7,13H,8-10H2. The van der Waals surface area contributed by atoms with Crippen LogP contribution in [-0.4, -0.2) is 12.4 Å². The number of benzene rings is 2. The van der Waals surface area contributed by atoms with Crippen LogP contribution in [0.1, 0.15) is 11.1 Å². The average Bonchev–Trinajstić information content (AvgIpc) is 2.50. The van der Waals surface area contributed by atoms with E-state index in [0.717, 1.165) is 23.4 Å². The summed E-state index contributed by atoms with van der Waals surface area (Å²) < 4.78 is 31.6. The van der Waals surface area contributed by atoms with E-state index in [1.165, 1.54) is 6.07 Å². The summed E-state index contributed by atoms with van der Waals surface area (Å²) >= 11 is 0. The largest absolute Gasteiger partial charge is 0.493 e. The zero-order valence-electron chi connectivity index (χ0n) is 11.3. The third-order valence-electron chi connectivity index (χ3n) is 3.70. The van der Waals surface area contributed by atoms with Crippen LogP contribution in [0.2, 0.25) is 0 Å². The summed E-state index contributed by atoms with van der Waals surface area (Å²) in [5, 5.41) is 0. The maximum atomic E-state index is 13.2. The highest BCUT2D eigenvalue weighted by molar-refractivity contribution is 5.84. The molecule has 2 aromatic carbocycles. The molecule has 0 radical (unpaired) electrons. The molecule has 108 valence electrons. The number of carbonyl (C=O) groups excluding carboxylic acids is 1. The number of ether oxygens (including phenoxy) is 1. The third-order valence-corrected chi connectivity index (χ3v) is 3.70. The van der Waals surface area contributed by atoms with Gasteiger partial charge in [-0.05, 0) is 35.7 Å². The van der Waals surface area contributed by atoms with Crippen LogP contribution in [0.25, 0.3) is 0 Å². The van der Waals surface area contributed by atoms with Crippen LogP contribution in [0.15, 0.2) is 42.5 Å². The Morgan fingerprint density at radius 2 is 1.95 bits per heavy atom. The molecule has 4 heteroatoms. The Hall–Kier alpha value is -2.23. The Balaban J connectivity index is 1.70. The van der Waals surface area contributed by atoms with Gasteiger partial charge in [0.15, 0.2) is 11.6 Å². The highest BCUT2D eigenvalue weighted by Gasteiger charge is 2.25. The van der Waals surface area contributed by atoms with Crippen LogP contribution in [0.3, 0.4) is 0 Å². The van der Waals surface area contributed by atoms with Crippen molar-refractivity contribution in [1.82, 2.24) is 0 Å². The van der Waals surface area contributed by atoms with Gasteiger partial charge in [0, 0.05) is 6.42 Å². The van der Waals surface area contributed by atoms with E-state index in [1.54, 1.807) is 0 Å². The molecule has 0 spiro atoms. The maximum Gasteiger partial charge on any atom is 0.159 e. The van der Waals surface area contributed by atoms with Crippen LogP contribution in [0.5, 0.6) is 5.75 Å². The van der Waals surface area contributed by atoms with Gasteiger partial charge in [-0.3, -0.25) is 4.79 Å². The Kier molecular flexibility index (Phi) is 3.69. The van der Waals surface area contributed by atoms with Gasteiger partial charge in [-0.15, -0.1) is 0 Å². The molecule has 0 amide bonds. The van der Waals surface area contributed by atoms with E-state index in [2.05, 4.69) is 0 Å². The van der Waals surface area contributed by atoms with E-state index in [0.29, 0.717) is 18.6 Å². The van der Waals surface area contributed by atoms with Crippen molar-refractivity contribution in [2.24, 2.45) is 5.92 Å². The third kappa shape index (κ3) is 2.94. The Labute approximate surface area is 121 Å². The van der Waals surface area contributed by atoms with Crippen molar-refractivity contribution >= 4 is 5.78 Å². The first-order valence-corrected chi connectivity index (χ1v) is 6.81. The predicted octanol–water partition coefficient (Wildman–Crippen LogP) is 3.33. The molecule has 1 atom stereocenters. The first-order chi connectivity index (χ1) is 10.1. The number of hydrogen-bond donors (Lipinski definition) is 0. The van der Waals surface area contributed by atoms with E-state index in [1.807, 2.05) is 24.3 Å². The van der Waals surface area contributed by atoms with Gasteiger partial charge in [0.25, 0.3) is 0 Å². The Bertz CT molecular complexity index is 682. The van der Waals surface area contributed by atoms with E-state index in [4.69, 9.17) is 4.74 Å². The fraction of sp³-hybridized carbons (Fsp3) is 0.235. The number of Topliss-reactive ketones (excluding diaryl/α,β-unsaturated/α-hetero) is 1. The van der Waals surface area contributed by atoms with E-state index in [9.17, 15) is 13.6 Å². The topological polar surface area (TPSA) is 26.3 Å². The first kappa shape index (κ1) is 13.7. The van der Waals surface area contributed by atoms with Gasteiger partial charge in [-0.25, -0.2) is 8.78 Å². The SMILES string of the molecule is O=C(Cc1ccc(F)c(F)c1)C1COc2ccccc2C1. The van der Waals surface area contributed by atoms with Crippen molar-refractivity contribution in [2.75, 3.05) is 6.61 Å². The fourth-order valence-electron chi connectivity index (χ4n) is 2.53. The molecule has 2 aromatic rings. The zero-order valence-corrected chi connectivity index (χ0v) is 11.3. The number of carbonyl (C=O) groups is 1. The summed E-state index contributed by atoms with van der Waals surface area (Å²) in [7, 11) is 0. The molecule has 0 aromatic heterocycles. The second kappa shape index (κ2) is 5.64. The van der Waals surface area contributed by atoms with E-state index < -0.39 is 11.6 Å². The quantitative estimate of drug-likeness (QED) is 0.866. The monoisotopic (exact) mass is 288 g/mol. The van der Waals surface area contributed by atoms with Gasteiger partial charge in [-0.2, -0.15) is 0 Å². The van der Waals surface area contributed by atoms with Gasteiger partial charge < -0.3 is 4.74 Å². The van der Waals surface area contributed by atoms with Crippen molar-refractivity contribution in [2.45, 2.75) is 12.8 Å². The van der Waals surface area contributed by atoms with Crippen molar-refractivity contribution in [1.29, 1.82) is 0 Å². The molecule has 0 saturated heterocycles. The molecule has 1 heterocycles. The lowest BCUT2D eigenvalue weighted by molar-refractivity contribution is -0.123. The van der Waals surface area contributed by atoms with Crippen LogP contribution in [0.4, 0.5) is 8.78 Å². The fourth-order valence-corrected chi connectivity index (χ4v) is 2.53. The van der Waals surface area contributed by atoms with Crippen molar-refractivity contribution in [3.63, 3.8) is 0 Å². The van der Waals surface area contributed by atoms with Gasteiger partial charge in [0.2, 0.25) is 0 Å². The van der Waals surface area contributed by atoms with Crippen molar-refractivity contribution in [3.05, 3.63) is 65.2 Å². The minimum absolute atomic E-state index is 0.0180. The van der Waals surface area contributed by atoms with Crippen LogP contribution in [-0.2, 0) is 17.6 Å². The summed E-state index contributed by atoms with van der Waals surface area (Å²) in [5.41, 5.74) is 1.49. The van der Waals surface area contributed by atoms with E-state index in [-0.39, 0.29) is 18.1 Å².